The SMILES string of the molecule is CC1CCCN(C(=O)CCN2C(=O)C3(CCNCC3)Nc3ccccc32)C1. The Kier molecular flexibility index (Phi) is 5.08. The highest BCUT2D eigenvalue weighted by Gasteiger charge is 2.46. The molecule has 2 fully saturated rings. The maximum Gasteiger partial charge on any atom is 0.252 e. The first-order valence-corrected chi connectivity index (χ1v) is 10.3. The maximum absolute atomic E-state index is 13.4. The summed E-state index contributed by atoms with van der Waals surface area (Å²) in [6, 6.07) is 7.96. The molecule has 0 radical (unpaired) electrons. The Morgan fingerprint density at radius 3 is 2.81 bits per heavy atom. The molecule has 6 heteroatoms. The van der Waals surface area contributed by atoms with E-state index >= 15 is 0 Å². The molecular formula is C21H30N4O2. The number of nitrogens with zero attached hydrogens (tertiary/aromatic N) is 2. The largest absolute Gasteiger partial charge is 0.369 e. The van der Waals surface area contributed by atoms with Crippen LogP contribution in [-0.2, 0) is 9.59 Å². The molecule has 2 saturated heterocycles. The molecule has 3 heterocycles. The molecule has 0 bridgehead atoms. The van der Waals surface area contributed by atoms with E-state index in [0.29, 0.717) is 18.9 Å². The zero-order valence-electron chi connectivity index (χ0n) is 16.2. The van der Waals surface area contributed by atoms with Crippen LogP contribution < -0.4 is 15.5 Å². The van der Waals surface area contributed by atoms with Gasteiger partial charge in [-0.1, -0.05) is 19.1 Å². The highest BCUT2D eigenvalue weighted by molar-refractivity contribution is 6.08. The van der Waals surface area contributed by atoms with Crippen molar-refractivity contribution in [2.24, 2.45) is 5.92 Å². The van der Waals surface area contributed by atoms with E-state index in [1.54, 1.807) is 0 Å². The van der Waals surface area contributed by atoms with Gasteiger partial charge in [0.05, 0.1) is 11.4 Å². The third-order valence-electron chi connectivity index (χ3n) is 6.24. The van der Waals surface area contributed by atoms with Gasteiger partial charge in [0.2, 0.25) is 5.91 Å². The number of rotatable bonds is 3. The van der Waals surface area contributed by atoms with Crippen molar-refractivity contribution < 1.29 is 9.59 Å². The number of para-hydroxylation sites is 2. The highest BCUT2D eigenvalue weighted by atomic mass is 16.2. The molecule has 0 aliphatic carbocycles. The van der Waals surface area contributed by atoms with E-state index in [-0.39, 0.29) is 11.8 Å². The summed E-state index contributed by atoms with van der Waals surface area (Å²) in [5.74, 6) is 0.856. The van der Waals surface area contributed by atoms with Crippen molar-refractivity contribution in [1.29, 1.82) is 0 Å². The van der Waals surface area contributed by atoms with Gasteiger partial charge in [0, 0.05) is 26.1 Å². The first-order valence-electron chi connectivity index (χ1n) is 10.3. The normalized spacial score (nSPS) is 24.5. The van der Waals surface area contributed by atoms with E-state index < -0.39 is 5.54 Å². The first-order chi connectivity index (χ1) is 13.1. The Morgan fingerprint density at radius 2 is 2.04 bits per heavy atom. The topological polar surface area (TPSA) is 64.7 Å². The van der Waals surface area contributed by atoms with Crippen LogP contribution in [0.5, 0.6) is 0 Å². The number of benzene rings is 1. The van der Waals surface area contributed by atoms with Gasteiger partial charge < -0.3 is 20.4 Å². The number of anilines is 2. The van der Waals surface area contributed by atoms with E-state index in [0.717, 1.165) is 56.8 Å². The zero-order valence-corrected chi connectivity index (χ0v) is 16.2. The molecule has 3 aliphatic heterocycles. The average Bonchev–Trinajstić information content (AvgIpc) is 2.69. The molecule has 6 nitrogen and oxygen atoms in total. The molecule has 4 rings (SSSR count). The lowest BCUT2D eigenvalue weighted by Crippen LogP contribution is -2.61. The highest BCUT2D eigenvalue weighted by Crippen LogP contribution is 2.39. The molecule has 27 heavy (non-hydrogen) atoms. The van der Waals surface area contributed by atoms with Crippen LogP contribution in [0, 0.1) is 5.92 Å². The van der Waals surface area contributed by atoms with Gasteiger partial charge in [0.25, 0.3) is 5.91 Å². The van der Waals surface area contributed by atoms with Crippen molar-refractivity contribution in [3.8, 4) is 0 Å². The molecule has 3 aliphatic rings. The van der Waals surface area contributed by atoms with Crippen LogP contribution in [0.2, 0.25) is 0 Å². The summed E-state index contributed by atoms with van der Waals surface area (Å²) in [4.78, 5) is 30.0. The summed E-state index contributed by atoms with van der Waals surface area (Å²) in [5, 5.41) is 6.86. The number of amides is 2. The molecule has 2 N–H and O–H groups in total. The van der Waals surface area contributed by atoms with Crippen LogP contribution in [0.15, 0.2) is 24.3 Å². The number of nitrogens with one attached hydrogen (secondary N) is 2. The second-order valence-electron chi connectivity index (χ2n) is 8.27. The van der Waals surface area contributed by atoms with Crippen molar-refractivity contribution in [3.05, 3.63) is 24.3 Å². The van der Waals surface area contributed by atoms with Gasteiger partial charge in [-0.2, -0.15) is 0 Å². The van der Waals surface area contributed by atoms with E-state index in [4.69, 9.17) is 0 Å². The monoisotopic (exact) mass is 370 g/mol. The number of likely N-dealkylation sites (tertiary alicyclic amines) is 1. The van der Waals surface area contributed by atoms with Gasteiger partial charge in [-0.25, -0.2) is 0 Å². The lowest BCUT2D eigenvalue weighted by Gasteiger charge is -2.46. The molecule has 1 unspecified atom stereocenters. The van der Waals surface area contributed by atoms with E-state index in [9.17, 15) is 9.59 Å². The van der Waals surface area contributed by atoms with Crippen LogP contribution in [0.1, 0.15) is 39.0 Å². The van der Waals surface area contributed by atoms with Crippen molar-refractivity contribution in [2.75, 3.05) is 42.9 Å². The van der Waals surface area contributed by atoms with Crippen LogP contribution in [0.4, 0.5) is 11.4 Å². The summed E-state index contributed by atoms with van der Waals surface area (Å²) in [7, 11) is 0. The number of hydrogen-bond donors (Lipinski definition) is 2. The smallest absolute Gasteiger partial charge is 0.252 e. The minimum atomic E-state index is -0.539. The molecular weight excluding hydrogens is 340 g/mol. The fourth-order valence-electron chi connectivity index (χ4n) is 4.69. The van der Waals surface area contributed by atoms with Crippen LogP contribution in [-0.4, -0.2) is 55.0 Å². The predicted molar refractivity (Wildman–Crippen MR) is 107 cm³/mol. The maximum atomic E-state index is 13.4. The van der Waals surface area contributed by atoms with Crippen molar-refractivity contribution >= 4 is 23.2 Å². The molecule has 1 atom stereocenters. The Labute approximate surface area is 161 Å². The minimum absolute atomic E-state index is 0.113. The van der Waals surface area contributed by atoms with Gasteiger partial charge in [-0.3, -0.25) is 9.59 Å². The summed E-state index contributed by atoms with van der Waals surface area (Å²) >= 11 is 0. The number of piperidine rings is 2. The van der Waals surface area contributed by atoms with Crippen molar-refractivity contribution in [3.63, 3.8) is 0 Å². The third kappa shape index (κ3) is 3.55. The summed E-state index contributed by atoms with van der Waals surface area (Å²) in [6.07, 6.45) is 4.21. The van der Waals surface area contributed by atoms with Crippen molar-refractivity contribution in [1.82, 2.24) is 10.2 Å². The summed E-state index contributed by atoms with van der Waals surface area (Å²) in [5.41, 5.74) is 1.35. The summed E-state index contributed by atoms with van der Waals surface area (Å²) in [6.45, 7) is 6.02. The Morgan fingerprint density at radius 1 is 1.26 bits per heavy atom. The number of carbonyl (C=O) groups excluding carboxylic acids is 2. The lowest BCUT2D eigenvalue weighted by molar-refractivity contribution is -0.132. The van der Waals surface area contributed by atoms with Crippen LogP contribution in [0.25, 0.3) is 0 Å². The van der Waals surface area contributed by atoms with Crippen molar-refractivity contribution in [2.45, 2.75) is 44.6 Å². The second kappa shape index (κ2) is 7.50. The Hall–Kier alpha value is -2.08. The van der Waals surface area contributed by atoms with Crippen LogP contribution in [0.3, 0.4) is 0 Å². The second-order valence-corrected chi connectivity index (χ2v) is 8.27. The molecule has 1 aromatic carbocycles. The fraction of sp³-hybridized carbons (Fsp3) is 0.619. The quantitative estimate of drug-likeness (QED) is 0.856. The van der Waals surface area contributed by atoms with Gasteiger partial charge >= 0.3 is 0 Å². The number of carbonyl (C=O) groups is 2. The molecule has 0 aromatic heterocycles. The molecule has 2 amide bonds. The lowest BCUT2D eigenvalue weighted by atomic mass is 9.84. The molecule has 1 aromatic rings. The van der Waals surface area contributed by atoms with E-state index in [1.165, 1.54) is 6.42 Å². The standard InChI is InChI=1S/C21H30N4O2/c1-16-5-4-13-24(15-16)19(26)8-14-25-18-7-3-2-6-17(18)23-21(20(25)27)9-11-22-12-10-21/h2-3,6-7,16,22-23H,4-5,8-15H2,1H3. The fourth-order valence-corrected chi connectivity index (χ4v) is 4.69. The Bertz CT molecular complexity index is 714. The van der Waals surface area contributed by atoms with Crippen LogP contribution >= 0.6 is 0 Å². The number of hydrogen-bond acceptors (Lipinski definition) is 4. The van der Waals surface area contributed by atoms with E-state index in [1.807, 2.05) is 34.1 Å². The molecule has 0 saturated carbocycles. The minimum Gasteiger partial charge on any atom is -0.369 e. The van der Waals surface area contributed by atoms with Gasteiger partial charge in [-0.05, 0) is 56.8 Å². The summed E-state index contributed by atoms with van der Waals surface area (Å²) < 4.78 is 0. The zero-order chi connectivity index (χ0) is 18.9. The molecule has 146 valence electrons. The average molecular weight is 370 g/mol. The Balaban J connectivity index is 1.51. The van der Waals surface area contributed by atoms with E-state index in [2.05, 4.69) is 17.6 Å². The molecule has 1 spiro atoms. The van der Waals surface area contributed by atoms with Gasteiger partial charge in [-0.15, -0.1) is 0 Å². The van der Waals surface area contributed by atoms with Gasteiger partial charge in [0.15, 0.2) is 0 Å². The predicted octanol–water partition coefficient (Wildman–Crippen LogP) is 2.22. The van der Waals surface area contributed by atoms with Gasteiger partial charge in [0.1, 0.15) is 5.54 Å². The first kappa shape index (κ1) is 18.3. The third-order valence-corrected chi connectivity index (χ3v) is 6.24. The number of fused-ring (bicyclic) bond motifs is 1.